The van der Waals surface area contributed by atoms with E-state index >= 15 is 0 Å². The van der Waals surface area contributed by atoms with Gasteiger partial charge in [0.05, 0.1) is 0 Å². The molecule has 0 bridgehead atoms. The van der Waals surface area contributed by atoms with E-state index in [0.717, 1.165) is 36.5 Å². The van der Waals surface area contributed by atoms with Gasteiger partial charge in [-0.05, 0) is 31.4 Å². The summed E-state index contributed by atoms with van der Waals surface area (Å²) >= 11 is 6.23. The van der Waals surface area contributed by atoms with E-state index in [1.165, 1.54) is 0 Å². The molecular weight excluding hydrogens is 288 g/mol. The fraction of sp³-hybridized carbons (Fsp3) is 0.562. The van der Waals surface area contributed by atoms with Gasteiger partial charge >= 0.3 is 0 Å². The number of benzene rings is 1. The maximum atomic E-state index is 11.8. The normalized spacial score (nSPS) is 17.8. The maximum absolute atomic E-state index is 11.8. The predicted molar refractivity (Wildman–Crippen MR) is 84.5 cm³/mol. The van der Waals surface area contributed by atoms with Gasteiger partial charge in [0.25, 0.3) is 0 Å². The van der Waals surface area contributed by atoms with Gasteiger partial charge in [0.1, 0.15) is 6.61 Å². The SMILES string of the molecule is COCC(=O)N1CCC(NC(C)c2ccccc2Cl)CC1. The zero-order valence-corrected chi connectivity index (χ0v) is 13.4. The smallest absolute Gasteiger partial charge is 0.248 e. The monoisotopic (exact) mass is 310 g/mol. The van der Waals surface area contributed by atoms with Gasteiger partial charge in [0.2, 0.25) is 5.91 Å². The van der Waals surface area contributed by atoms with E-state index in [2.05, 4.69) is 18.3 Å². The second-order valence-electron chi connectivity index (χ2n) is 5.50. The number of nitrogens with one attached hydrogen (secondary N) is 1. The number of carbonyl (C=O) groups excluding carboxylic acids is 1. The van der Waals surface area contributed by atoms with Gasteiger partial charge in [-0.15, -0.1) is 0 Å². The number of methoxy groups -OCH3 is 1. The lowest BCUT2D eigenvalue weighted by Crippen LogP contribution is -2.46. The summed E-state index contributed by atoms with van der Waals surface area (Å²) in [6.45, 7) is 3.88. The Bertz CT molecular complexity index is 473. The molecule has 1 N–H and O–H groups in total. The Kier molecular flexibility index (Phi) is 6.03. The predicted octanol–water partition coefficient (Wildman–Crippen LogP) is 2.63. The Morgan fingerprint density at radius 3 is 2.71 bits per heavy atom. The summed E-state index contributed by atoms with van der Waals surface area (Å²) < 4.78 is 4.90. The van der Waals surface area contributed by atoms with Crippen LogP contribution in [0.2, 0.25) is 5.02 Å². The van der Waals surface area contributed by atoms with E-state index in [-0.39, 0.29) is 18.6 Å². The number of amides is 1. The van der Waals surface area contributed by atoms with E-state index in [1.54, 1.807) is 7.11 Å². The van der Waals surface area contributed by atoms with E-state index < -0.39 is 0 Å². The molecule has 1 aliphatic rings. The van der Waals surface area contributed by atoms with Crippen molar-refractivity contribution in [3.8, 4) is 0 Å². The largest absolute Gasteiger partial charge is 0.375 e. The van der Waals surface area contributed by atoms with E-state index in [1.807, 2.05) is 23.1 Å². The molecule has 1 saturated heterocycles. The summed E-state index contributed by atoms with van der Waals surface area (Å²) in [6.07, 6.45) is 1.93. The maximum Gasteiger partial charge on any atom is 0.248 e. The summed E-state index contributed by atoms with van der Waals surface area (Å²) in [5, 5.41) is 4.41. The number of carbonyl (C=O) groups is 1. The molecule has 21 heavy (non-hydrogen) atoms. The fourth-order valence-corrected chi connectivity index (χ4v) is 3.08. The first-order chi connectivity index (χ1) is 10.1. The Morgan fingerprint density at radius 2 is 2.10 bits per heavy atom. The molecule has 0 radical (unpaired) electrons. The third-order valence-electron chi connectivity index (χ3n) is 3.97. The van der Waals surface area contributed by atoms with Crippen molar-refractivity contribution in [2.45, 2.75) is 31.8 Å². The van der Waals surface area contributed by atoms with Gasteiger partial charge in [0.15, 0.2) is 0 Å². The quantitative estimate of drug-likeness (QED) is 0.909. The molecule has 1 atom stereocenters. The summed E-state index contributed by atoms with van der Waals surface area (Å²) in [4.78, 5) is 13.6. The number of halogens is 1. The van der Waals surface area contributed by atoms with Gasteiger partial charge in [-0.2, -0.15) is 0 Å². The minimum absolute atomic E-state index is 0.0788. The zero-order chi connectivity index (χ0) is 15.2. The molecule has 0 aromatic heterocycles. The minimum Gasteiger partial charge on any atom is -0.375 e. The molecule has 4 nitrogen and oxygen atoms in total. The van der Waals surface area contributed by atoms with Gasteiger partial charge in [-0.1, -0.05) is 29.8 Å². The van der Waals surface area contributed by atoms with Crippen molar-refractivity contribution in [2.24, 2.45) is 0 Å². The Labute approximate surface area is 131 Å². The van der Waals surface area contributed by atoms with Crippen molar-refractivity contribution < 1.29 is 9.53 Å². The summed E-state index contributed by atoms with van der Waals surface area (Å²) in [5.74, 6) is 0.0788. The highest BCUT2D eigenvalue weighted by Crippen LogP contribution is 2.24. The van der Waals surface area contributed by atoms with Gasteiger partial charge in [0, 0.05) is 37.3 Å². The summed E-state index contributed by atoms with van der Waals surface area (Å²) in [5.41, 5.74) is 1.12. The second-order valence-corrected chi connectivity index (χ2v) is 5.91. The molecule has 0 aliphatic carbocycles. The van der Waals surface area contributed by atoms with Crippen molar-refractivity contribution in [1.29, 1.82) is 0 Å². The molecule has 0 saturated carbocycles. The average molecular weight is 311 g/mol. The van der Waals surface area contributed by atoms with Crippen LogP contribution in [-0.2, 0) is 9.53 Å². The molecular formula is C16H23ClN2O2. The number of hydrogen-bond acceptors (Lipinski definition) is 3. The lowest BCUT2D eigenvalue weighted by molar-refractivity contribution is -0.136. The zero-order valence-electron chi connectivity index (χ0n) is 12.6. The van der Waals surface area contributed by atoms with Crippen LogP contribution in [0, 0.1) is 0 Å². The van der Waals surface area contributed by atoms with Crippen LogP contribution in [0.15, 0.2) is 24.3 Å². The first-order valence-electron chi connectivity index (χ1n) is 7.39. The first kappa shape index (κ1) is 16.3. The molecule has 1 fully saturated rings. The molecule has 1 aromatic carbocycles. The fourth-order valence-electron chi connectivity index (χ4n) is 2.78. The molecule has 2 rings (SSSR count). The van der Waals surface area contributed by atoms with E-state index in [0.29, 0.717) is 6.04 Å². The molecule has 1 heterocycles. The summed E-state index contributed by atoms with van der Waals surface area (Å²) in [7, 11) is 1.55. The van der Waals surface area contributed by atoms with Crippen molar-refractivity contribution in [1.82, 2.24) is 10.2 Å². The van der Waals surface area contributed by atoms with Crippen molar-refractivity contribution >= 4 is 17.5 Å². The van der Waals surface area contributed by atoms with Crippen LogP contribution in [0.1, 0.15) is 31.4 Å². The second kappa shape index (κ2) is 7.78. The highest BCUT2D eigenvalue weighted by atomic mass is 35.5. The lowest BCUT2D eigenvalue weighted by Gasteiger charge is -2.34. The van der Waals surface area contributed by atoms with Crippen molar-refractivity contribution in [3.05, 3.63) is 34.9 Å². The number of likely N-dealkylation sites (tertiary alicyclic amines) is 1. The summed E-state index contributed by atoms with van der Waals surface area (Å²) in [6, 6.07) is 8.55. The minimum atomic E-state index is 0.0788. The number of nitrogens with zero attached hydrogens (tertiary/aromatic N) is 1. The highest BCUT2D eigenvalue weighted by Gasteiger charge is 2.24. The van der Waals surface area contributed by atoms with Crippen LogP contribution < -0.4 is 5.32 Å². The topological polar surface area (TPSA) is 41.6 Å². The highest BCUT2D eigenvalue weighted by molar-refractivity contribution is 6.31. The number of hydrogen-bond donors (Lipinski definition) is 1. The first-order valence-corrected chi connectivity index (χ1v) is 7.76. The van der Waals surface area contributed by atoms with E-state index in [4.69, 9.17) is 16.3 Å². The number of ether oxygens (including phenoxy) is 1. The van der Waals surface area contributed by atoms with Crippen LogP contribution in [0.5, 0.6) is 0 Å². The Hall–Kier alpha value is -1.10. The van der Waals surface area contributed by atoms with Gasteiger partial charge < -0.3 is 15.0 Å². The Morgan fingerprint density at radius 1 is 1.43 bits per heavy atom. The van der Waals surface area contributed by atoms with Crippen LogP contribution >= 0.6 is 11.6 Å². The lowest BCUT2D eigenvalue weighted by atomic mass is 10.0. The molecule has 1 aliphatic heterocycles. The third-order valence-corrected chi connectivity index (χ3v) is 4.32. The molecule has 0 spiro atoms. The molecule has 1 amide bonds. The average Bonchev–Trinajstić information content (AvgIpc) is 2.48. The molecule has 5 heteroatoms. The third kappa shape index (κ3) is 4.43. The van der Waals surface area contributed by atoms with Crippen molar-refractivity contribution in [3.63, 3.8) is 0 Å². The van der Waals surface area contributed by atoms with Gasteiger partial charge in [-0.3, -0.25) is 4.79 Å². The van der Waals surface area contributed by atoms with E-state index in [9.17, 15) is 4.79 Å². The Balaban J connectivity index is 1.83. The van der Waals surface area contributed by atoms with Crippen molar-refractivity contribution in [2.75, 3.05) is 26.8 Å². The standard InChI is InChI=1S/C16H23ClN2O2/c1-12(14-5-3-4-6-15(14)17)18-13-7-9-19(10-8-13)16(20)11-21-2/h3-6,12-13,18H,7-11H2,1-2H3. The molecule has 1 aromatic rings. The van der Waals surface area contributed by atoms with Crippen LogP contribution in [0.25, 0.3) is 0 Å². The van der Waals surface area contributed by atoms with Gasteiger partial charge in [-0.25, -0.2) is 0 Å². The van der Waals surface area contributed by atoms with Crippen LogP contribution in [-0.4, -0.2) is 43.7 Å². The number of rotatable bonds is 5. The van der Waals surface area contributed by atoms with Crippen LogP contribution in [0.3, 0.4) is 0 Å². The molecule has 116 valence electrons. The number of piperidine rings is 1. The van der Waals surface area contributed by atoms with Crippen LogP contribution in [0.4, 0.5) is 0 Å². The molecule has 1 unspecified atom stereocenters.